The SMILES string of the molecule is CN(CCC(N)=S)S(=O)(=O)c1cc(Br)ccc1Br. The quantitative estimate of drug-likeness (QED) is 0.750. The summed E-state index contributed by atoms with van der Waals surface area (Å²) in [6.07, 6.45) is 0.358. The maximum atomic E-state index is 12.3. The van der Waals surface area contributed by atoms with E-state index < -0.39 is 10.0 Å². The Morgan fingerprint density at radius 2 is 2.06 bits per heavy atom. The Kier molecular flexibility index (Phi) is 5.72. The number of hydrogen-bond acceptors (Lipinski definition) is 3. The Bertz CT molecular complexity index is 561. The van der Waals surface area contributed by atoms with Crippen LogP contribution in [-0.2, 0) is 10.0 Å². The monoisotopic (exact) mass is 414 g/mol. The summed E-state index contributed by atoms with van der Waals surface area (Å²) >= 11 is 11.2. The summed E-state index contributed by atoms with van der Waals surface area (Å²) in [5.41, 5.74) is 5.37. The predicted molar refractivity (Wildman–Crippen MR) is 83.1 cm³/mol. The summed E-state index contributed by atoms with van der Waals surface area (Å²) in [5.74, 6) is 0. The number of rotatable bonds is 5. The van der Waals surface area contributed by atoms with Gasteiger partial charge in [0, 0.05) is 29.0 Å². The van der Waals surface area contributed by atoms with E-state index in [2.05, 4.69) is 31.9 Å². The van der Waals surface area contributed by atoms with Crippen molar-refractivity contribution in [3.8, 4) is 0 Å². The molecule has 100 valence electrons. The summed E-state index contributed by atoms with van der Waals surface area (Å²) in [7, 11) is -2.05. The van der Waals surface area contributed by atoms with Crippen molar-refractivity contribution in [2.24, 2.45) is 5.73 Å². The van der Waals surface area contributed by atoms with E-state index in [0.29, 0.717) is 20.4 Å². The van der Waals surface area contributed by atoms with Crippen molar-refractivity contribution in [3.63, 3.8) is 0 Å². The highest BCUT2D eigenvalue weighted by Gasteiger charge is 2.23. The first-order valence-electron chi connectivity index (χ1n) is 4.95. The van der Waals surface area contributed by atoms with Crippen LogP contribution in [0.5, 0.6) is 0 Å². The fourth-order valence-corrected chi connectivity index (χ4v) is 3.95. The number of nitrogens with zero attached hydrogens (tertiary/aromatic N) is 1. The van der Waals surface area contributed by atoms with Gasteiger partial charge in [0.2, 0.25) is 10.0 Å². The lowest BCUT2D eigenvalue weighted by Crippen LogP contribution is -2.30. The molecule has 1 aromatic carbocycles. The van der Waals surface area contributed by atoms with Gasteiger partial charge < -0.3 is 5.73 Å². The molecule has 2 N–H and O–H groups in total. The molecule has 0 radical (unpaired) electrons. The van der Waals surface area contributed by atoms with E-state index in [-0.39, 0.29) is 11.4 Å². The number of halogens is 2. The number of hydrogen-bond donors (Lipinski definition) is 1. The van der Waals surface area contributed by atoms with Crippen LogP contribution < -0.4 is 5.73 Å². The second-order valence-electron chi connectivity index (χ2n) is 3.62. The maximum Gasteiger partial charge on any atom is 0.243 e. The van der Waals surface area contributed by atoms with Gasteiger partial charge in [-0.15, -0.1) is 0 Å². The Morgan fingerprint density at radius 1 is 1.44 bits per heavy atom. The minimum Gasteiger partial charge on any atom is -0.393 e. The summed E-state index contributed by atoms with van der Waals surface area (Å²) in [5, 5.41) is 0. The molecule has 0 fully saturated rings. The molecule has 0 aliphatic heterocycles. The molecule has 0 saturated heterocycles. The van der Waals surface area contributed by atoms with Gasteiger partial charge in [-0.25, -0.2) is 12.7 Å². The van der Waals surface area contributed by atoms with Crippen LogP contribution in [0, 0.1) is 0 Å². The van der Waals surface area contributed by atoms with Crippen LogP contribution in [0.4, 0.5) is 0 Å². The highest BCUT2D eigenvalue weighted by Crippen LogP contribution is 2.27. The van der Waals surface area contributed by atoms with E-state index in [9.17, 15) is 8.42 Å². The average molecular weight is 416 g/mol. The fraction of sp³-hybridized carbons (Fsp3) is 0.300. The summed E-state index contributed by atoms with van der Waals surface area (Å²) in [6.45, 7) is 0.261. The normalized spacial score (nSPS) is 11.8. The number of nitrogens with two attached hydrogens (primary N) is 1. The van der Waals surface area contributed by atoms with E-state index in [0.717, 1.165) is 0 Å². The van der Waals surface area contributed by atoms with Crippen molar-refractivity contribution >= 4 is 59.1 Å². The Morgan fingerprint density at radius 3 is 2.61 bits per heavy atom. The largest absolute Gasteiger partial charge is 0.393 e. The molecule has 18 heavy (non-hydrogen) atoms. The van der Waals surface area contributed by atoms with E-state index in [1.54, 1.807) is 18.2 Å². The molecular formula is C10H12Br2N2O2S2. The van der Waals surface area contributed by atoms with Crippen LogP contribution in [0.25, 0.3) is 0 Å². The van der Waals surface area contributed by atoms with Crippen molar-refractivity contribution in [2.45, 2.75) is 11.3 Å². The van der Waals surface area contributed by atoms with Crippen molar-refractivity contribution in [2.75, 3.05) is 13.6 Å². The Labute approximate surface area is 129 Å². The molecule has 0 amide bonds. The van der Waals surface area contributed by atoms with Crippen LogP contribution in [0.3, 0.4) is 0 Å². The molecule has 0 spiro atoms. The van der Waals surface area contributed by atoms with Gasteiger partial charge >= 0.3 is 0 Å². The van der Waals surface area contributed by atoms with Crippen molar-refractivity contribution in [1.29, 1.82) is 0 Å². The molecule has 1 rings (SSSR count). The Balaban J connectivity index is 3.05. The summed E-state index contributed by atoms with van der Waals surface area (Å²) in [4.78, 5) is 0.507. The van der Waals surface area contributed by atoms with Crippen molar-refractivity contribution < 1.29 is 8.42 Å². The zero-order chi connectivity index (χ0) is 13.9. The van der Waals surface area contributed by atoms with Crippen LogP contribution in [-0.4, -0.2) is 31.3 Å². The average Bonchev–Trinajstić information content (AvgIpc) is 2.28. The lowest BCUT2D eigenvalue weighted by Gasteiger charge is -2.17. The third-order valence-electron chi connectivity index (χ3n) is 2.25. The van der Waals surface area contributed by atoms with Gasteiger partial charge in [0.1, 0.15) is 0 Å². The summed E-state index contributed by atoms with van der Waals surface area (Å²) < 4.78 is 27.1. The van der Waals surface area contributed by atoms with E-state index in [4.69, 9.17) is 18.0 Å². The number of sulfonamides is 1. The van der Waals surface area contributed by atoms with E-state index >= 15 is 0 Å². The topological polar surface area (TPSA) is 63.4 Å². The van der Waals surface area contributed by atoms with Crippen LogP contribution in [0.1, 0.15) is 6.42 Å². The van der Waals surface area contributed by atoms with Crippen LogP contribution in [0.2, 0.25) is 0 Å². The maximum absolute atomic E-state index is 12.3. The second-order valence-corrected chi connectivity index (χ2v) is 7.93. The predicted octanol–water partition coefficient (Wildman–Crippen LogP) is 2.51. The first-order valence-corrected chi connectivity index (χ1v) is 8.38. The van der Waals surface area contributed by atoms with E-state index in [1.807, 2.05) is 0 Å². The van der Waals surface area contributed by atoms with Gasteiger partial charge in [-0.05, 0) is 34.1 Å². The molecular weight excluding hydrogens is 404 g/mol. The molecule has 0 aromatic heterocycles. The molecule has 0 saturated carbocycles. The molecule has 0 atom stereocenters. The van der Waals surface area contributed by atoms with Crippen molar-refractivity contribution in [3.05, 3.63) is 27.1 Å². The van der Waals surface area contributed by atoms with Crippen LogP contribution in [0.15, 0.2) is 32.0 Å². The van der Waals surface area contributed by atoms with Gasteiger partial charge in [-0.2, -0.15) is 0 Å². The first-order chi connectivity index (χ1) is 8.25. The molecule has 0 bridgehead atoms. The first kappa shape index (κ1) is 16.0. The lowest BCUT2D eigenvalue weighted by molar-refractivity contribution is 0.478. The molecule has 0 heterocycles. The fourth-order valence-electron chi connectivity index (χ4n) is 1.23. The molecule has 4 nitrogen and oxygen atoms in total. The van der Waals surface area contributed by atoms with Gasteiger partial charge in [0.05, 0.1) is 9.88 Å². The molecule has 8 heteroatoms. The third-order valence-corrected chi connectivity index (χ3v) is 5.80. The van der Waals surface area contributed by atoms with Gasteiger partial charge in [-0.1, -0.05) is 28.1 Å². The minimum atomic E-state index is -3.55. The zero-order valence-electron chi connectivity index (χ0n) is 9.56. The Hall–Kier alpha value is -0.0200. The number of benzene rings is 1. The van der Waals surface area contributed by atoms with Gasteiger partial charge in [0.15, 0.2) is 0 Å². The molecule has 0 aliphatic rings. The smallest absolute Gasteiger partial charge is 0.243 e. The zero-order valence-corrected chi connectivity index (χ0v) is 14.4. The second kappa shape index (κ2) is 6.42. The van der Waals surface area contributed by atoms with Gasteiger partial charge in [0.25, 0.3) is 0 Å². The third kappa shape index (κ3) is 3.99. The summed E-state index contributed by atoms with van der Waals surface area (Å²) in [6, 6.07) is 4.99. The standard InChI is InChI=1S/C10H12Br2N2O2S2/c1-14(5-4-10(13)17)18(15,16)9-6-7(11)2-3-8(9)12/h2-3,6H,4-5H2,1H3,(H2,13,17). The van der Waals surface area contributed by atoms with E-state index in [1.165, 1.54) is 11.4 Å². The van der Waals surface area contributed by atoms with Crippen molar-refractivity contribution in [1.82, 2.24) is 4.31 Å². The molecule has 0 unspecified atom stereocenters. The number of thiocarbonyl (C=S) groups is 1. The lowest BCUT2D eigenvalue weighted by atomic mass is 10.4. The van der Waals surface area contributed by atoms with Crippen LogP contribution >= 0.6 is 44.1 Å². The highest BCUT2D eigenvalue weighted by atomic mass is 79.9. The minimum absolute atomic E-state index is 0.210. The molecule has 0 aliphatic carbocycles. The highest BCUT2D eigenvalue weighted by molar-refractivity contribution is 9.11. The van der Waals surface area contributed by atoms with Gasteiger partial charge in [-0.3, -0.25) is 0 Å². The molecule has 1 aromatic rings.